The highest BCUT2D eigenvalue weighted by atomic mass is 16.5. The lowest BCUT2D eigenvalue weighted by Crippen LogP contribution is -2.25. The van der Waals surface area contributed by atoms with Crippen LogP contribution in [-0.4, -0.2) is 25.8 Å². The van der Waals surface area contributed by atoms with Gasteiger partial charge in [0.1, 0.15) is 0 Å². The Morgan fingerprint density at radius 2 is 1.81 bits per heavy atom. The molecule has 1 aliphatic carbocycles. The van der Waals surface area contributed by atoms with Crippen molar-refractivity contribution in [2.75, 3.05) is 19.7 Å². The minimum atomic E-state index is 0.363. The van der Waals surface area contributed by atoms with Crippen LogP contribution in [0.2, 0.25) is 0 Å². The van der Waals surface area contributed by atoms with Crippen molar-refractivity contribution < 1.29 is 4.74 Å². The maximum atomic E-state index is 5.49. The van der Waals surface area contributed by atoms with Gasteiger partial charge in [-0.1, -0.05) is 32.6 Å². The van der Waals surface area contributed by atoms with Crippen LogP contribution in [0.25, 0.3) is 0 Å². The molecule has 0 aliphatic heterocycles. The van der Waals surface area contributed by atoms with Crippen molar-refractivity contribution in [3.63, 3.8) is 0 Å². The van der Waals surface area contributed by atoms with Gasteiger partial charge in [-0.15, -0.1) is 0 Å². The molecule has 0 spiro atoms. The molecule has 96 valence electrons. The summed E-state index contributed by atoms with van der Waals surface area (Å²) in [6, 6.07) is 0. The molecule has 0 aromatic rings. The van der Waals surface area contributed by atoms with E-state index in [0.717, 1.165) is 25.0 Å². The number of nitrogens with one attached hydrogen (secondary N) is 1. The second-order valence-electron chi connectivity index (χ2n) is 5.58. The summed E-state index contributed by atoms with van der Waals surface area (Å²) >= 11 is 0. The summed E-state index contributed by atoms with van der Waals surface area (Å²) in [5.41, 5.74) is 0. The Balaban J connectivity index is 1.87. The van der Waals surface area contributed by atoms with Crippen molar-refractivity contribution in [3.05, 3.63) is 0 Å². The Morgan fingerprint density at radius 3 is 2.44 bits per heavy atom. The lowest BCUT2D eigenvalue weighted by Gasteiger charge is -2.26. The van der Waals surface area contributed by atoms with Gasteiger partial charge in [0.15, 0.2) is 0 Å². The SMILES string of the molecule is CC1CCC(CCNCCOC(C)C)CC1. The van der Waals surface area contributed by atoms with Crippen LogP contribution in [0.4, 0.5) is 0 Å². The van der Waals surface area contributed by atoms with E-state index in [1.165, 1.54) is 38.6 Å². The van der Waals surface area contributed by atoms with Crippen LogP contribution >= 0.6 is 0 Å². The van der Waals surface area contributed by atoms with E-state index in [0.29, 0.717) is 6.10 Å². The molecule has 0 radical (unpaired) electrons. The Labute approximate surface area is 101 Å². The Bertz CT molecular complexity index is 162. The molecule has 1 aliphatic rings. The zero-order valence-electron chi connectivity index (χ0n) is 11.3. The van der Waals surface area contributed by atoms with Gasteiger partial charge in [0.05, 0.1) is 12.7 Å². The van der Waals surface area contributed by atoms with Crippen LogP contribution in [0, 0.1) is 11.8 Å². The second kappa shape index (κ2) is 8.08. The Morgan fingerprint density at radius 1 is 1.12 bits per heavy atom. The van der Waals surface area contributed by atoms with Crippen molar-refractivity contribution in [2.45, 2.75) is 59.0 Å². The Hall–Kier alpha value is -0.0800. The summed E-state index contributed by atoms with van der Waals surface area (Å²) in [4.78, 5) is 0. The highest BCUT2D eigenvalue weighted by Crippen LogP contribution is 2.29. The smallest absolute Gasteiger partial charge is 0.0594 e. The van der Waals surface area contributed by atoms with E-state index in [4.69, 9.17) is 4.74 Å². The van der Waals surface area contributed by atoms with Gasteiger partial charge in [0.2, 0.25) is 0 Å². The van der Waals surface area contributed by atoms with Crippen molar-refractivity contribution in [2.24, 2.45) is 11.8 Å². The van der Waals surface area contributed by atoms with Gasteiger partial charge in [-0.25, -0.2) is 0 Å². The fourth-order valence-corrected chi connectivity index (χ4v) is 2.42. The quantitative estimate of drug-likeness (QED) is 0.674. The van der Waals surface area contributed by atoms with Gasteiger partial charge in [-0.05, 0) is 38.6 Å². The molecule has 0 saturated heterocycles. The molecular weight excluding hydrogens is 198 g/mol. The van der Waals surface area contributed by atoms with Crippen molar-refractivity contribution in [3.8, 4) is 0 Å². The molecule has 0 bridgehead atoms. The molecule has 2 heteroatoms. The van der Waals surface area contributed by atoms with E-state index < -0.39 is 0 Å². The summed E-state index contributed by atoms with van der Waals surface area (Å²) in [5.74, 6) is 1.96. The van der Waals surface area contributed by atoms with Gasteiger partial charge in [0.25, 0.3) is 0 Å². The second-order valence-corrected chi connectivity index (χ2v) is 5.58. The third-order valence-electron chi connectivity index (χ3n) is 3.59. The van der Waals surface area contributed by atoms with Crippen LogP contribution in [0.15, 0.2) is 0 Å². The molecule has 1 N–H and O–H groups in total. The van der Waals surface area contributed by atoms with Crippen LogP contribution < -0.4 is 5.32 Å². The first-order chi connectivity index (χ1) is 7.68. The molecule has 1 saturated carbocycles. The molecule has 1 rings (SSSR count). The van der Waals surface area contributed by atoms with E-state index >= 15 is 0 Å². The zero-order chi connectivity index (χ0) is 11.8. The summed E-state index contributed by atoms with van der Waals surface area (Å²) in [5, 5.41) is 3.47. The number of rotatable bonds is 7. The average molecular weight is 227 g/mol. The molecule has 0 heterocycles. The van der Waals surface area contributed by atoms with Crippen molar-refractivity contribution >= 4 is 0 Å². The highest BCUT2D eigenvalue weighted by molar-refractivity contribution is 4.70. The van der Waals surface area contributed by atoms with Crippen molar-refractivity contribution in [1.82, 2.24) is 5.32 Å². The molecule has 0 atom stereocenters. The van der Waals surface area contributed by atoms with E-state index in [1.807, 2.05) is 0 Å². The fraction of sp³-hybridized carbons (Fsp3) is 1.00. The molecular formula is C14H29NO. The predicted molar refractivity (Wildman–Crippen MR) is 69.7 cm³/mol. The molecule has 0 aromatic carbocycles. The first kappa shape index (κ1) is 14.0. The zero-order valence-corrected chi connectivity index (χ0v) is 11.3. The molecule has 0 aromatic heterocycles. The lowest BCUT2D eigenvalue weighted by molar-refractivity contribution is 0.0806. The Kier molecular flexibility index (Phi) is 7.06. The monoisotopic (exact) mass is 227 g/mol. The highest BCUT2D eigenvalue weighted by Gasteiger charge is 2.17. The van der Waals surface area contributed by atoms with E-state index in [1.54, 1.807) is 0 Å². The molecule has 0 unspecified atom stereocenters. The first-order valence-corrected chi connectivity index (χ1v) is 7.00. The number of ether oxygens (including phenoxy) is 1. The topological polar surface area (TPSA) is 21.3 Å². The van der Waals surface area contributed by atoms with Crippen molar-refractivity contribution in [1.29, 1.82) is 0 Å². The lowest BCUT2D eigenvalue weighted by atomic mass is 9.81. The summed E-state index contributed by atoms with van der Waals surface area (Å²) < 4.78 is 5.49. The van der Waals surface area contributed by atoms with Gasteiger partial charge >= 0.3 is 0 Å². The molecule has 1 fully saturated rings. The van der Waals surface area contributed by atoms with E-state index in [2.05, 4.69) is 26.1 Å². The minimum Gasteiger partial charge on any atom is -0.377 e. The summed E-state index contributed by atoms with van der Waals surface area (Å²) in [6.07, 6.45) is 7.51. The van der Waals surface area contributed by atoms with Gasteiger partial charge in [-0.2, -0.15) is 0 Å². The van der Waals surface area contributed by atoms with Crippen LogP contribution in [0.5, 0.6) is 0 Å². The standard InChI is InChI=1S/C14H29NO/c1-12(2)16-11-10-15-9-8-14-6-4-13(3)5-7-14/h12-15H,4-11H2,1-3H3. The third-order valence-corrected chi connectivity index (χ3v) is 3.59. The molecule has 16 heavy (non-hydrogen) atoms. The predicted octanol–water partition coefficient (Wildman–Crippen LogP) is 3.22. The summed E-state index contributed by atoms with van der Waals surface area (Å²) in [6.45, 7) is 9.57. The largest absolute Gasteiger partial charge is 0.377 e. The van der Waals surface area contributed by atoms with Crippen LogP contribution in [-0.2, 0) is 4.74 Å². The number of hydrogen-bond acceptors (Lipinski definition) is 2. The molecule has 0 amide bonds. The average Bonchev–Trinajstić information content (AvgIpc) is 2.25. The molecule has 2 nitrogen and oxygen atoms in total. The van der Waals surface area contributed by atoms with Gasteiger partial charge in [-0.3, -0.25) is 0 Å². The normalized spacial score (nSPS) is 26.2. The van der Waals surface area contributed by atoms with E-state index in [9.17, 15) is 0 Å². The number of hydrogen-bond donors (Lipinski definition) is 1. The van der Waals surface area contributed by atoms with E-state index in [-0.39, 0.29) is 0 Å². The first-order valence-electron chi connectivity index (χ1n) is 7.00. The minimum absolute atomic E-state index is 0.363. The van der Waals surface area contributed by atoms with Crippen LogP contribution in [0.3, 0.4) is 0 Å². The summed E-state index contributed by atoms with van der Waals surface area (Å²) in [7, 11) is 0. The maximum Gasteiger partial charge on any atom is 0.0594 e. The third kappa shape index (κ3) is 6.49. The van der Waals surface area contributed by atoms with Crippen LogP contribution in [0.1, 0.15) is 52.9 Å². The van der Waals surface area contributed by atoms with Gasteiger partial charge < -0.3 is 10.1 Å². The van der Waals surface area contributed by atoms with Gasteiger partial charge in [0, 0.05) is 6.54 Å². The maximum absolute atomic E-state index is 5.49. The fourth-order valence-electron chi connectivity index (χ4n) is 2.42.